The van der Waals surface area contributed by atoms with E-state index in [4.69, 9.17) is 9.47 Å². The molecule has 0 aliphatic rings. The molecule has 0 saturated carbocycles. The van der Waals surface area contributed by atoms with Crippen molar-refractivity contribution in [3.63, 3.8) is 0 Å². The second-order valence-corrected chi connectivity index (χ2v) is 5.79. The first-order valence-corrected chi connectivity index (χ1v) is 8.25. The van der Waals surface area contributed by atoms with Gasteiger partial charge in [0.2, 0.25) is 0 Å². The summed E-state index contributed by atoms with van der Waals surface area (Å²) in [6.07, 6.45) is 0.689. The Kier molecular flexibility index (Phi) is 5.50. The van der Waals surface area contributed by atoms with Gasteiger partial charge in [-0.15, -0.1) is 0 Å². The largest absolute Gasteiger partial charge is 0.494 e. The lowest BCUT2D eigenvalue weighted by Gasteiger charge is -2.12. The molecular formula is C20H16N2O6. The molecule has 1 N–H and O–H groups in total. The second kappa shape index (κ2) is 8.17. The van der Waals surface area contributed by atoms with E-state index in [-0.39, 0.29) is 23.7 Å². The zero-order valence-electron chi connectivity index (χ0n) is 14.9. The first-order chi connectivity index (χ1) is 13.5. The normalized spacial score (nSPS) is 10.3. The quantitative estimate of drug-likeness (QED) is 0.381. The number of nitrogens with zero attached hydrogens (tertiary/aromatic N) is 1. The number of anilines is 1. The van der Waals surface area contributed by atoms with Gasteiger partial charge in [-0.1, -0.05) is 30.3 Å². The fourth-order valence-electron chi connectivity index (χ4n) is 2.75. The molecule has 0 unspecified atom stereocenters. The maximum absolute atomic E-state index is 12.2. The Labute approximate surface area is 159 Å². The van der Waals surface area contributed by atoms with E-state index in [1.54, 1.807) is 18.2 Å². The van der Waals surface area contributed by atoms with Crippen LogP contribution in [0, 0.1) is 10.1 Å². The maximum atomic E-state index is 12.2. The highest BCUT2D eigenvalue weighted by Crippen LogP contribution is 2.29. The van der Waals surface area contributed by atoms with Crippen molar-refractivity contribution < 1.29 is 24.0 Å². The Morgan fingerprint density at radius 2 is 1.93 bits per heavy atom. The van der Waals surface area contributed by atoms with Gasteiger partial charge in [0.15, 0.2) is 12.9 Å². The summed E-state index contributed by atoms with van der Waals surface area (Å²) in [4.78, 5) is 34.0. The Morgan fingerprint density at radius 3 is 2.64 bits per heavy atom. The monoisotopic (exact) mass is 380 g/mol. The SMILES string of the molecule is COc1cc([N+](=O)[O-])ccc1NC(=O)COc1ccc2ccccc2c1C=O. The van der Waals surface area contributed by atoms with Crippen LogP contribution >= 0.6 is 0 Å². The van der Waals surface area contributed by atoms with Gasteiger partial charge in [0, 0.05) is 6.07 Å². The summed E-state index contributed by atoms with van der Waals surface area (Å²) in [5.74, 6) is -0.0569. The van der Waals surface area contributed by atoms with Gasteiger partial charge in [-0.3, -0.25) is 19.7 Å². The molecule has 1 amide bonds. The number of rotatable bonds is 7. The fourth-order valence-corrected chi connectivity index (χ4v) is 2.75. The Balaban J connectivity index is 1.74. The molecule has 0 spiro atoms. The van der Waals surface area contributed by atoms with Gasteiger partial charge in [0.25, 0.3) is 11.6 Å². The van der Waals surface area contributed by atoms with Crippen molar-refractivity contribution in [2.24, 2.45) is 0 Å². The van der Waals surface area contributed by atoms with Gasteiger partial charge in [0.1, 0.15) is 11.5 Å². The molecular weight excluding hydrogens is 364 g/mol. The van der Waals surface area contributed by atoms with Crippen LogP contribution in [0.2, 0.25) is 0 Å². The van der Waals surface area contributed by atoms with Crippen LogP contribution in [0.15, 0.2) is 54.6 Å². The van der Waals surface area contributed by atoms with E-state index in [0.29, 0.717) is 17.6 Å². The number of nitro benzene ring substituents is 1. The van der Waals surface area contributed by atoms with Gasteiger partial charge in [-0.05, 0) is 22.9 Å². The Morgan fingerprint density at radius 1 is 1.14 bits per heavy atom. The first kappa shape index (κ1) is 18.8. The van der Waals surface area contributed by atoms with Crippen LogP contribution in [0.4, 0.5) is 11.4 Å². The summed E-state index contributed by atoms with van der Waals surface area (Å²) >= 11 is 0. The molecule has 3 rings (SSSR count). The van der Waals surface area contributed by atoms with Crippen LogP contribution < -0.4 is 14.8 Å². The number of benzene rings is 3. The zero-order chi connectivity index (χ0) is 20.1. The van der Waals surface area contributed by atoms with E-state index >= 15 is 0 Å². The minimum atomic E-state index is -0.558. The summed E-state index contributed by atoms with van der Waals surface area (Å²) in [5, 5.41) is 15.0. The van der Waals surface area contributed by atoms with Crippen LogP contribution in [-0.4, -0.2) is 30.8 Å². The minimum absolute atomic E-state index is 0.154. The number of aldehydes is 1. The van der Waals surface area contributed by atoms with Crippen molar-refractivity contribution in [2.45, 2.75) is 0 Å². The Hall–Kier alpha value is -3.94. The third-order valence-electron chi connectivity index (χ3n) is 4.08. The second-order valence-electron chi connectivity index (χ2n) is 5.79. The third-order valence-corrected chi connectivity index (χ3v) is 4.08. The molecule has 0 aliphatic heterocycles. The molecule has 0 radical (unpaired) electrons. The smallest absolute Gasteiger partial charge is 0.273 e. The van der Waals surface area contributed by atoms with E-state index in [9.17, 15) is 19.7 Å². The van der Waals surface area contributed by atoms with Crippen molar-refractivity contribution in [1.29, 1.82) is 0 Å². The zero-order valence-corrected chi connectivity index (χ0v) is 14.9. The minimum Gasteiger partial charge on any atom is -0.494 e. The third kappa shape index (κ3) is 3.90. The van der Waals surface area contributed by atoms with E-state index in [0.717, 1.165) is 10.8 Å². The number of carbonyl (C=O) groups excluding carboxylic acids is 2. The average Bonchev–Trinajstić information content (AvgIpc) is 2.71. The molecule has 0 bridgehead atoms. The van der Waals surface area contributed by atoms with Gasteiger partial charge in [0.05, 0.1) is 29.4 Å². The van der Waals surface area contributed by atoms with E-state index in [1.165, 1.54) is 25.3 Å². The maximum Gasteiger partial charge on any atom is 0.273 e. The molecule has 0 atom stereocenters. The fraction of sp³-hybridized carbons (Fsp3) is 0.100. The summed E-state index contributed by atoms with van der Waals surface area (Å²) in [7, 11) is 1.34. The lowest BCUT2D eigenvalue weighted by molar-refractivity contribution is -0.384. The van der Waals surface area contributed by atoms with Crippen LogP contribution in [0.1, 0.15) is 10.4 Å². The Bertz CT molecular complexity index is 1060. The summed E-state index contributed by atoms with van der Waals surface area (Å²) in [6, 6.07) is 14.6. The first-order valence-electron chi connectivity index (χ1n) is 8.25. The van der Waals surface area contributed by atoms with Crippen molar-refractivity contribution >= 4 is 34.3 Å². The van der Waals surface area contributed by atoms with E-state index in [2.05, 4.69) is 5.32 Å². The van der Waals surface area contributed by atoms with E-state index < -0.39 is 10.8 Å². The number of hydrogen-bond donors (Lipinski definition) is 1. The number of non-ortho nitro benzene ring substituents is 1. The number of nitrogens with one attached hydrogen (secondary N) is 1. The molecule has 28 heavy (non-hydrogen) atoms. The number of ether oxygens (including phenoxy) is 2. The van der Waals surface area contributed by atoms with Crippen LogP contribution in [0.25, 0.3) is 10.8 Å². The molecule has 0 heterocycles. The number of fused-ring (bicyclic) bond motifs is 1. The predicted octanol–water partition coefficient (Wildman–Crippen LogP) is 3.59. The summed E-state index contributed by atoms with van der Waals surface area (Å²) in [5.41, 5.74) is 0.479. The highest BCUT2D eigenvalue weighted by molar-refractivity contribution is 6.01. The molecule has 0 fully saturated rings. The number of methoxy groups -OCH3 is 1. The standard InChI is InChI=1S/C20H16N2O6/c1-27-19-10-14(22(25)26)7-8-17(19)21-20(24)12-28-18-9-6-13-4-2-3-5-15(13)16(18)11-23/h2-11H,12H2,1H3,(H,21,24). The summed E-state index contributed by atoms with van der Waals surface area (Å²) < 4.78 is 10.6. The number of hydrogen-bond acceptors (Lipinski definition) is 6. The van der Waals surface area contributed by atoms with Crippen LogP contribution in [0.3, 0.4) is 0 Å². The molecule has 142 valence electrons. The van der Waals surface area contributed by atoms with Crippen LogP contribution in [0.5, 0.6) is 11.5 Å². The highest BCUT2D eigenvalue weighted by atomic mass is 16.6. The van der Waals surface area contributed by atoms with Gasteiger partial charge >= 0.3 is 0 Å². The van der Waals surface area contributed by atoms with Crippen molar-refractivity contribution in [3.05, 3.63) is 70.3 Å². The van der Waals surface area contributed by atoms with Crippen molar-refractivity contribution in [1.82, 2.24) is 0 Å². The van der Waals surface area contributed by atoms with E-state index in [1.807, 2.05) is 18.2 Å². The van der Waals surface area contributed by atoms with Gasteiger partial charge in [-0.2, -0.15) is 0 Å². The molecule has 0 saturated heterocycles. The molecule has 3 aromatic carbocycles. The molecule has 8 nitrogen and oxygen atoms in total. The molecule has 0 aromatic heterocycles. The molecule has 8 heteroatoms. The highest BCUT2D eigenvalue weighted by Gasteiger charge is 2.15. The van der Waals surface area contributed by atoms with Gasteiger partial charge in [-0.25, -0.2) is 0 Å². The number of amides is 1. The molecule has 3 aromatic rings. The average molecular weight is 380 g/mol. The summed E-state index contributed by atoms with van der Waals surface area (Å²) in [6.45, 7) is -0.348. The predicted molar refractivity (Wildman–Crippen MR) is 103 cm³/mol. The van der Waals surface area contributed by atoms with Crippen molar-refractivity contribution in [3.8, 4) is 11.5 Å². The topological polar surface area (TPSA) is 108 Å². The lowest BCUT2D eigenvalue weighted by Crippen LogP contribution is -2.21. The number of carbonyl (C=O) groups is 2. The molecule has 0 aliphatic carbocycles. The van der Waals surface area contributed by atoms with Crippen LogP contribution in [-0.2, 0) is 4.79 Å². The lowest BCUT2D eigenvalue weighted by atomic mass is 10.0. The van der Waals surface area contributed by atoms with Gasteiger partial charge < -0.3 is 14.8 Å². The number of nitro groups is 1. The van der Waals surface area contributed by atoms with Crippen molar-refractivity contribution in [2.75, 3.05) is 19.0 Å².